The molecule has 92 valence electrons. The Bertz CT molecular complexity index is 312. The van der Waals surface area contributed by atoms with Gasteiger partial charge in [0.1, 0.15) is 0 Å². The van der Waals surface area contributed by atoms with E-state index < -0.39 is 0 Å². The molecule has 2 nitrogen and oxygen atoms in total. The fourth-order valence-electron chi connectivity index (χ4n) is 2.03. The third kappa shape index (κ3) is 3.55. The van der Waals surface area contributed by atoms with Crippen LogP contribution in [0.2, 0.25) is 0 Å². The first-order chi connectivity index (χ1) is 7.60. The summed E-state index contributed by atoms with van der Waals surface area (Å²) in [5.41, 5.74) is 0. The SMILES string of the molecule is CNCC(C(C)C)C(NC)c1cc(Br)cs1. The van der Waals surface area contributed by atoms with Crippen molar-refractivity contribution in [2.24, 2.45) is 11.8 Å². The van der Waals surface area contributed by atoms with Crippen molar-refractivity contribution in [1.82, 2.24) is 10.6 Å². The molecule has 0 saturated carbocycles. The molecule has 1 heterocycles. The van der Waals surface area contributed by atoms with E-state index in [0.717, 1.165) is 6.54 Å². The number of thiophene rings is 1. The molecule has 16 heavy (non-hydrogen) atoms. The first kappa shape index (κ1) is 14.2. The Balaban J connectivity index is 2.85. The first-order valence-corrected chi connectivity index (χ1v) is 7.33. The Kier molecular flexibility index (Phi) is 5.97. The second kappa shape index (κ2) is 6.74. The van der Waals surface area contributed by atoms with Crippen LogP contribution in [-0.4, -0.2) is 20.6 Å². The lowest BCUT2D eigenvalue weighted by Gasteiger charge is -2.29. The molecule has 0 bridgehead atoms. The molecule has 0 spiro atoms. The molecule has 2 N–H and O–H groups in total. The highest BCUT2D eigenvalue weighted by Crippen LogP contribution is 2.33. The van der Waals surface area contributed by atoms with E-state index in [1.54, 1.807) is 0 Å². The largest absolute Gasteiger partial charge is 0.319 e. The minimum Gasteiger partial charge on any atom is -0.319 e. The molecular formula is C12H21BrN2S. The number of hydrogen-bond donors (Lipinski definition) is 2. The summed E-state index contributed by atoms with van der Waals surface area (Å²) < 4.78 is 1.18. The van der Waals surface area contributed by atoms with Crippen LogP contribution in [0.4, 0.5) is 0 Å². The molecule has 0 aliphatic rings. The topological polar surface area (TPSA) is 24.1 Å². The average Bonchev–Trinajstić information content (AvgIpc) is 2.64. The molecule has 1 aromatic heterocycles. The van der Waals surface area contributed by atoms with Crippen molar-refractivity contribution in [1.29, 1.82) is 0 Å². The van der Waals surface area contributed by atoms with Crippen molar-refractivity contribution in [2.45, 2.75) is 19.9 Å². The molecule has 4 heteroatoms. The predicted molar refractivity (Wildman–Crippen MR) is 76.1 cm³/mol. The number of rotatable bonds is 6. The first-order valence-electron chi connectivity index (χ1n) is 5.66. The van der Waals surface area contributed by atoms with Crippen LogP contribution in [0, 0.1) is 11.8 Å². The van der Waals surface area contributed by atoms with Gasteiger partial charge in [0, 0.05) is 20.8 Å². The summed E-state index contributed by atoms with van der Waals surface area (Å²) in [5, 5.41) is 8.89. The van der Waals surface area contributed by atoms with Crippen LogP contribution in [0.5, 0.6) is 0 Å². The minimum atomic E-state index is 0.434. The summed E-state index contributed by atoms with van der Waals surface area (Å²) in [5.74, 6) is 1.27. The van der Waals surface area contributed by atoms with Crippen LogP contribution in [0.1, 0.15) is 24.8 Å². The summed E-state index contributed by atoms with van der Waals surface area (Å²) >= 11 is 5.34. The molecule has 1 rings (SSSR count). The molecule has 0 aromatic carbocycles. The van der Waals surface area contributed by atoms with E-state index in [2.05, 4.69) is 51.9 Å². The van der Waals surface area contributed by atoms with E-state index in [1.807, 2.05) is 25.4 Å². The van der Waals surface area contributed by atoms with Gasteiger partial charge in [0.2, 0.25) is 0 Å². The van der Waals surface area contributed by atoms with Gasteiger partial charge >= 0.3 is 0 Å². The van der Waals surface area contributed by atoms with E-state index in [4.69, 9.17) is 0 Å². The zero-order valence-corrected chi connectivity index (χ0v) is 12.8. The third-order valence-electron chi connectivity index (χ3n) is 2.93. The van der Waals surface area contributed by atoms with Crippen molar-refractivity contribution >= 4 is 27.3 Å². The van der Waals surface area contributed by atoms with E-state index in [0.29, 0.717) is 17.9 Å². The van der Waals surface area contributed by atoms with Gasteiger partial charge < -0.3 is 10.6 Å². The van der Waals surface area contributed by atoms with Crippen molar-refractivity contribution in [2.75, 3.05) is 20.6 Å². The maximum Gasteiger partial charge on any atom is 0.0456 e. The van der Waals surface area contributed by atoms with Gasteiger partial charge in [-0.05, 0) is 54.5 Å². The maximum absolute atomic E-state index is 3.52. The zero-order chi connectivity index (χ0) is 12.1. The Hall–Kier alpha value is 0.1000. The average molecular weight is 305 g/mol. The van der Waals surface area contributed by atoms with Crippen molar-refractivity contribution in [3.63, 3.8) is 0 Å². The Labute approximate surface area is 111 Å². The standard InChI is InChI=1S/C12H21BrN2S/c1-8(2)10(6-14-3)12(15-4)11-5-9(13)7-16-11/h5,7-8,10,12,14-15H,6H2,1-4H3. The highest BCUT2D eigenvalue weighted by Gasteiger charge is 2.25. The van der Waals surface area contributed by atoms with E-state index >= 15 is 0 Å². The second-order valence-electron chi connectivity index (χ2n) is 4.40. The second-order valence-corrected chi connectivity index (χ2v) is 6.26. The van der Waals surface area contributed by atoms with Crippen LogP contribution in [0.3, 0.4) is 0 Å². The number of hydrogen-bond acceptors (Lipinski definition) is 3. The fraction of sp³-hybridized carbons (Fsp3) is 0.667. The summed E-state index contributed by atoms with van der Waals surface area (Å²) in [7, 11) is 4.07. The molecule has 0 aliphatic carbocycles. The molecule has 0 saturated heterocycles. The Morgan fingerprint density at radius 1 is 1.38 bits per heavy atom. The van der Waals surface area contributed by atoms with Crippen molar-refractivity contribution < 1.29 is 0 Å². The maximum atomic E-state index is 3.52. The van der Waals surface area contributed by atoms with E-state index in [1.165, 1.54) is 9.35 Å². The Morgan fingerprint density at radius 2 is 2.06 bits per heavy atom. The summed E-state index contributed by atoms with van der Waals surface area (Å²) in [6.45, 7) is 5.61. The summed E-state index contributed by atoms with van der Waals surface area (Å²) in [6, 6.07) is 2.65. The van der Waals surface area contributed by atoms with Crippen LogP contribution in [0.15, 0.2) is 15.9 Å². The minimum absolute atomic E-state index is 0.434. The van der Waals surface area contributed by atoms with Gasteiger partial charge in [-0.25, -0.2) is 0 Å². The third-order valence-corrected chi connectivity index (χ3v) is 4.71. The lowest BCUT2D eigenvalue weighted by molar-refractivity contribution is 0.287. The van der Waals surface area contributed by atoms with E-state index in [9.17, 15) is 0 Å². The summed E-state index contributed by atoms with van der Waals surface area (Å²) in [6.07, 6.45) is 0. The molecular weight excluding hydrogens is 284 g/mol. The number of nitrogens with one attached hydrogen (secondary N) is 2. The van der Waals surface area contributed by atoms with Gasteiger partial charge in [-0.3, -0.25) is 0 Å². The van der Waals surface area contributed by atoms with Crippen LogP contribution in [0.25, 0.3) is 0 Å². The number of halogens is 1. The highest BCUT2D eigenvalue weighted by atomic mass is 79.9. The molecule has 0 fully saturated rings. The molecule has 1 aromatic rings. The van der Waals surface area contributed by atoms with Crippen LogP contribution in [-0.2, 0) is 0 Å². The molecule has 0 amide bonds. The van der Waals surface area contributed by atoms with Gasteiger partial charge in [-0.15, -0.1) is 11.3 Å². The smallest absolute Gasteiger partial charge is 0.0456 e. The fourth-order valence-corrected chi connectivity index (χ4v) is 3.66. The van der Waals surface area contributed by atoms with Gasteiger partial charge in [-0.2, -0.15) is 0 Å². The van der Waals surface area contributed by atoms with Gasteiger partial charge in [0.15, 0.2) is 0 Å². The van der Waals surface area contributed by atoms with Crippen molar-refractivity contribution in [3.8, 4) is 0 Å². The highest BCUT2D eigenvalue weighted by molar-refractivity contribution is 9.10. The zero-order valence-electron chi connectivity index (χ0n) is 10.4. The monoisotopic (exact) mass is 304 g/mol. The predicted octanol–water partition coefficient (Wildman–Crippen LogP) is 3.26. The van der Waals surface area contributed by atoms with Gasteiger partial charge in [-0.1, -0.05) is 13.8 Å². The lowest BCUT2D eigenvalue weighted by Crippen LogP contribution is -2.34. The molecule has 2 atom stereocenters. The van der Waals surface area contributed by atoms with Crippen LogP contribution < -0.4 is 10.6 Å². The summed E-state index contributed by atoms with van der Waals surface area (Å²) in [4.78, 5) is 1.41. The lowest BCUT2D eigenvalue weighted by atomic mass is 9.87. The van der Waals surface area contributed by atoms with Gasteiger partial charge in [0.05, 0.1) is 0 Å². The molecule has 0 aliphatic heterocycles. The van der Waals surface area contributed by atoms with Gasteiger partial charge in [0.25, 0.3) is 0 Å². The molecule has 0 radical (unpaired) electrons. The quantitative estimate of drug-likeness (QED) is 0.843. The molecule has 2 unspecified atom stereocenters. The van der Waals surface area contributed by atoms with Crippen LogP contribution >= 0.6 is 27.3 Å². The van der Waals surface area contributed by atoms with Crippen molar-refractivity contribution in [3.05, 3.63) is 20.8 Å². The Morgan fingerprint density at radius 3 is 2.44 bits per heavy atom. The normalized spacial score (nSPS) is 15.4. The van der Waals surface area contributed by atoms with E-state index in [-0.39, 0.29) is 0 Å².